The largest absolute Gasteiger partial charge is 0.341 e. The summed E-state index contributed by atoms with van der Waals surface area (Å²) in [6, 6.07) is 8.04. The number of rotatable bonds is 5. The molecule has 19 heavy (non-hydrogen) atoms. The van der Waals surface area contributed by atoms with Gasteiger partial charge in [-0.25, -0.2) is 0 Å². The molecule has 0 saturated heterocycles. The number of halogens is 2. The standard InChI is InChI=1S/C13H19BrN2OS.ClH/c1-9(8-15)16(3)13(17)10(2)18-12-6-4-11(14)5-7-12;/h4-7,9-10H,8,15H2,1-3H3;1H. The molecule has 6 heteroatoms. The molecule has 0 aromatic heterocycles. The van der Waals surface area contributed by atoms with Gasteiger partial charge in [0.25, 0.3) is 0 Å². The van der Waals surface area contributed by atoms with Crippen LogP contribution in [0.1, 0.15) is 13.8 Å². The van der Waals surface area contributed by atoms with E-state index >= 15 is 0 Å². The van der Waals surface area contributed by atoms with Gasteiger partial charge in [-0.05, 0) is 38.1 Å². The van der Waals surface area contributed by atoms with Gasteiger partial charge in [-0.1, -0.05) is 15.9 Å². The number of thioether (sulfide) groups is 1. The quantitative estimate of drug-likeness (QED) is 0.813. The van der Waals surface area contributed by atoms with Crippen LogP contribution in [-0.4, -0.2) is 35.7 Å². The molecule has 2 atom stereocenters. The Morgan fingerprint density at radius 2 is 1.89 bits per heavy atom. The molecule has 0 bridgehead atoms. The molecule has 0 spiro atoms. The molecular formula is C13H20BrClN2OS. The van der Waals surface area contributed by atoms with Crippen LogP contribution < -0.4 is 5.73 Å². The highest BCUT2D eigenvalue weighted by molar-refractivity contribution is 9.10. The van der Waals surface area contributed by atoms with Gasteiger partial charge >= 0.3 is 0 Å². The SMILES string of the molecule is CC(Sc1ccc(Br)cc1)C(=O)N(C)C(C)CN.Cl. The van der Waals surface area contributed by atoms with Crippen molar-refractivity contribution < 1.29 is 4.79 Å². The number of nitrogens with zero attached hydrogens (tertiary/aromatic N) is 1. The first-order chi connectivity index (χ1) is 8.45. The highest BCUT2D eigenvalue weighted by Gasteiger charge is 2.21. The molecule has 1 rings (SSSR count). The molecule has 0 saturated carbocycles. The Morgan fingerprint density at radius 1 is 1.37 bits per heavy atom. The summed E-state index contributed by atoms with van der Waals surface area (Å²) in [5.74, 6) is 0.112. The summed E-state index contributed by atoms with van der Waals surface area (Å²) in [5, 5.41) is -0.106. The van der Waals surface area contributed by atoms with Crippen molar-refractivity contribution in [2.75, 3.05) is 13.6 Å². The number of benzene rings is 1. The number of nitrogens with two attached hydrogens (primary N) is 1. The maximum Gasteiger partial charge on any atom is 0.235 e. The van der Waals surface area contributed by atoms with Crippen molar-refractivity contribution in [3.63, 3.8) is 0 Å². The van der Waals surface area contributed by atoms with Crippen molar-refractivity contribution >= 4 is 46.0 Å². The van der Waals surface area contributed by atoms with Crippen LogP contribution in [0.4, 0.5) is 0 Å². The lowest BCUT2D eigenvalue weighted by Crippen LogP contribution is -2.43. The summed E-state index contributed by atoms with van der Waals surface area (Å²) in [6.07, 6.45) is 0. The number of carbonyl (C=O) groups is 1. The second kappa shape index (κ2) is 8.84. The zero-order valence-electron chi connectivity index (χ0n) is 11.3. The second-order valence-corrected chi connectivity index (χ2v) is 6.58. The average molecular weight is 368 g/mol. The summed E-state index contributed by atoms with van der Waals surface area (Å²) in [7, 11) is 1.80. The van der Waals surface area contributed by atoms with Gasteiger partial charge in [-0.2, -0.15) is 0 Å². The first kappa shape index (κ1) is 18.8. The molecule has 0 heterocycles. The first-order valence-corrected chi connectivity index (χ1v) is 7.52. The van der Waals surface area contributed by atoms with E-state index in [-0.39, 0.29) is 29.6 Å². The Kier molecular flexibility index (Phi) is 8.74. The van der Waals surface area contributed by atoms with E-state index in [1.807, 2.05) is 38.1 Å². The van der Waals surface area contributed by atoms with Gasteiger partial charge in [-0.15, -0.1) is 24.2 Å². The molecule has 108 valence electrons. The summed E-state index contributed by atoms with van der Waals surface area (Å²) < 4.78 is 1.04. The Morgan fingerprint density at radius 3 is 2.37 bits per heavy atom. The number of hydrogen-bond acceptors (Lipinski definition) is 3. The maximum atomic E-state index is 12.2. The van der Waals surface area contributed by atoms with Crippen molar-refractivity contribution in [1.82, 2.24) is 4.90 Å². The van der Waals surface area contributed by atoms with Gasteiger partial charge in [-0.3, -0.25) is 4.79 Å². The van der Waals surface area contributed by atoms with Crippen LogP contribution in [0.15, 0.2) is 33.6 Å². The summed E-state index contributed by atoms with van der Waals surface area (Å²) in [4.78, 5) is 15.0. The highest BCUT2D eigenvalue weighted by Crippen LogP contribution is 2.26. The summed E-state index contributed by atoms with van der Waals surface area (Å²) >= 11 is 4.96. The van der Waals surface area contributed by atoms with Crippen molar-refractivity contribution in [2.45, 2.75) is 30.0 Å². The van der Waals surface area contributed by atoms with Gasteiger partial charge in [0.15, 0.2) is 0 Å². The Hall–Kier alpha value is -0.230. The average Bonchev–Trinajstić information content (AvgIpc) is 2.38. The van der Waals surface area contributed by atoms with Gasteiger partial charge < -0.3 is 10.6 Å². The van der Waals surface area contributed by atoms with E-state index in [0.29, 0.717) is 6.54 Å². The van der Waals surface area contributed by atoms with E-state index in [0.717, 1.165) is 9.37 Å². The number of carbonyl (C=O) groups excluding carboxylic acids is 1. The molecule has 0 aliphatic rings. The number of hydrogen-bond donors (Lipinski definition) is 1. The van der Waals surface area contributed by atoms with Gasteiger partial charge in [0, 0.05) is 29.0 Å². The van der Waals surface area contributed by atoms with Gasteiger partial charge in [0.05, 0.1) is 5.25 Å². The third-order valence-corrected chi connectivity index (χ3v) is 4.45. The van der Waals surface area contributed by atoms with E-state index in [9.17, 15) is 4.79 Å². The predicted molar refractivity (Wildman–Crippen MR) is 88.0 cm³/mol. The minimum Gasteiger partial charge on any atom is -0.341 e. The molecule has 0 fully saturated rings. The van der Waals surface area contributed by atoms with Crippen LogP contribution in [-0.2, 0) is 4.79 Å². The fraction of sp³-hybridized carbons (Fsp3) is 0.462. The molecule has 1 aromatic carbocycles. The number of likely N-dealkylation sites (N-methyl/N-ethyl adjacent to an activating group) is 1. The van der Waals surface area contributed by atoms with E-state index < -0.39 is 0 Å². The van der Waals surface area contributed by atoms with E-state index in [4.69, 9.17) is 5.73 Å². The smallest absolute Gasteiger partial charge is 0.235 e. The van der Waals surface area contributed by atoms with Gasteiger partial charge in [0.2, 0.25) is 5.91 Å². The molecule has 1 aromatic rings. The summed E-state index contributed by atoms with van der Waals surface area (Å²) in [6.45, 7) is 4.36. The predicted octanol–water partition coefficient (Wildman–Crippen LogP) is 3.16. The minimum absolute atomic E-state index is 0. The highest BCUT2D eigenvalue weighted by atomic mass is 79.9. The molecule has 1 amide bonds. The third-order valence-electron chi connectivity index (χ3n) is 2.82. The Labute approximate surface area is 133 Å². The fourth-order valence-electron chi connectivity index (χ4n) is 1.43. The zero-order valence-corrected chi connectivity index (χ0v) is 14.5. The molecule has 0 radical (unpaired) electrons. The first-order valence-electron chi connectivity index (χ1n) is 5.84. The zero-order chi connectivity index (χ0) is 13.7. The topological polar surface area (TPSA) is 46.3 Å². The summed E-state index contributed by atoms with van der Waals surface area (Å²) in [5.41, 5.74) is 5.57. The maximum absolute atomic E-state index is 12.2. The van der Waals surface area contributed by atoms with Crippen molar-refractivity contribution in [3.8, 4) is 0 Å². The van der Waals surface area contributed by atoms with E-state index in [1.165, 1.54) is 0 Å². The second-order valence-electron chi connectivity index (χ2n) is 4.25. The molecule has 3 nitrogen and oxygen atoms in total. The fourth-order valence-corrected chi connectivity index (χ4v) is 2.66. The lowest BCUT2D eigenvalue weighted by atomic mass is 10.3. The molecule has 0 aliphatic carbocycles. The Bertz CT molecular complexity index is 402. The molecule has 2 unspecified atom stereocenters. The van der Waals surface area contributed by atoms with Crippen LogP contribution in [0.25, 0.3) is 0 Å². The Balaban J connectivity index is 0.00000324. The number of amides is 1. The monoisotopic (exact) mass is 366 g/mol. The molecule has 2 N–H and O–H groups in total. The van der Waals surface area contributed by atoms with E-state index in [1.54, 1.807) is 23.7 Å². The van der Waals surface area contributed by atoms with Crippen molar-refractivity contribution in [2.24, 2.45) is 5.73 Å². The van der Waals surface area contributed by atoms with E-state index in [2.05, 4.69) is 15.9 Å². The minimum atomic E-state index is -0.106. The van der Waals surface area contributed by atoms with Crippen LogP contribution in [0.2, 0.25) is 0 Å². The lowest BCUT2D eigenvalue weighted by Gasteiger charge is -2.26. The van der Waals surface area contributed by atoms with Gasteiger partial charge in [0.1, 0.15) is 0 Å². The van der Waals surface area contributed by atoms with Crippen LogP contribution in [0.5, 0.6) is 0 Å². The van der Waals surface area contributed by atoms with Crippen LogP contribution in [0, 0.1) is 0 Å². The normalized spacial score (nSPS) is 13.3. The van der Waals surface area contributed by atoms with Crippen LogP contribution >= 0.6 is 40.1 Å². The van der Waals surface area contributed by atoms with Crippen molar-refractivity contribution in [1.29, 1.82) is 0 Å². The third kappa shape index (κ3) is 5.73. The molecule has 0 aliphatic heterocycles. The van der Waals surface area contributed by atoms with Crippen molar-refractivity contribution in [3.05, 3.63) is 28.7 Å². The van der Waals surface area contributed by atoms with Crippen LogP contribution in [0.3, 0.4) is 0 Å². The molecular weight excluding hydrogens is 348 g/mol. The lowest BCUT2D eigenvalue weighted by molar-refractivity contribution is -0.130.